The van der Waals surface area contributed by atoms with Gasteiger partial charge in [-0.2, -0.15) is 0 Å². The van der Waals surface area contributed by atoms with Gasteiger partial charge in [0, 0.05) is 55.8 Å². The molecule has 3 aromatic rings. The van der Waals surface area contributed by atoms with E-state index in [1.165, 1.54) is 0 Å². The van der Waals surface area contributed by atoms with E-state index in [-0.39, 0.29) is 0 Å². The molecule has 134 valence electrons. The van der Waals surface area contributed by atoms with Crippen LogP contribution in [0.15, 0.2) is 37.2 Å². The minimum Gasteiger partial charge on any atom is -0.356 e. The Bertz CT molecular complexity index is 889. The first-order valence-corrected chi connectivity index (χ1v) is 9.12. The summed E-state index contributed by atoms with van der Waals surface area (Å²) in [6.45, 7) is 6.01. The number of anilines is 1. The number of hydrogen-bond acceptors (Lipinski definition) is 6. The molecule has 0 unspecified atom stereocenters. The third-order valence-electron chi connectivity index (χ3n) is 4.87. The number of hydrogen-bond donors (Lipinski definition) is 0. The van der Waals surface area contributed by atoms with Crippen molar-refractivity contribution in [2.24, 2.45) is 0 Å². The first kappa shape index (κ1) is 16.6. The molecular formula is C19H23N7. The average molecular weight is 349 g/mol. The molecule has 0 spiro atoms. The molecule has 0 saturated carbocycles. The van der Waals surface area contributed by atoms with Gasteiger partial charge < -0.3 is 4.90 Å². The van der Waals surface area contributed by atoms with Crippen LogP contribution < -0.4 is 4.90 Å². The Morgan fingerprint density at radius 2 is 2.08 bits per heavy atom. The molecule has 4 heterocycles. The summed E-state index contributed by atoms with van der Waals surface area (Å²) >= 11 is 0. The van der Waals surface area contributed by atoms with E-state index in [0.717, 1.165) is 61.2 Å². The fourth-order valence-corrected chi connectivity index (χ4v) is 3.53. The van der Waals surface area contributed by atoms with Crippen LogP contribution in [0.3, 0.4) is 0 Å². The number of rotatable bonds is 4. The second kappa shape index (κ2) is 7.19. The van der Waals surface area contributed by atoms with Crippen molar-refractivity contribution < 1.29 is 0 Å². The highest BCUT2D eigenvalue weighted by atomic mass is 15.2. The molecule has 1 aliphatic rings. The first-order valence-electron chi connectivity index (χ1n) is 9.12. The summed E-state index contributed by atoms with van der Waals surface area (Å²) < 4.78 is 2.02. The van der Waals surface area contributed by atoms with E-state index in [0.29, 0.717) is 5.92 Å². The minimum absolute atomic E-state index is 0.347. The Hall–Kier alpha value is -2.83. The Labute approximate surface area is 153 Å². The van der Waals surface area contributed by atoms with Crippen LogP contribution in [0.5, 0.6) is 0 Å². The molecule has 1 atom stereocenters. The fraction of sp³-hybridized carbons (Fsp3) is 0.421. The Morgan fingerprint density at radius 3 is 2.92 bits per heavy atom. The molecular weight excluding hydrogens is 326 g/mol. The highest BCUT2D eigenvalue weighted by Crippen LogP contribution is 2.28. The summed E-state index contributed by atoms with van der Waals surface area (Å²) in [6.07, 6.45) is 12.2. The summed E-state index contributed by atoms with van der Waals surface area (Å²) in [7, 11) is 0. The van der Waals surface area contributed by atoms with Gasteiger partial charge in [-0.25, -0.2) is 19.9 Å². The zero-order valence-electron chi connectivity index (χ0n) is 15.2. The van der Waals surface area contributed by atoms with Gasteiger partial charge >= 0.3 is 0 Å². The molecule has 1 saturated heterocycles. The molecule has 0 amide bonds. The molecule has 0 aromatic carbocycles. The number of imidazole rings is 1. The number of aromatic nitrogens is 6. The summed E-state index contributed by atoms with van der Waals surface area (Å²) in [4.78, 5) is 24.7. The summed E-state index contributed by atoms with van der Waals surface area (Å²) in [5.41, 5.74) is 2.03. The molecule has 0 radical (unpaired) electrons. The van der Waals surface area contributed by atoms with Gasteiger partial charge in [0.1, 0.15) is 18.0 Å². The maximum absolute atomic E-state index is 4.89. The molecule has 26 heavy (non-hydrogen) atoms. The number of nitrogens with zero attached hydrogens (tertiary/aromatic N) is 7. The Kier molecular flexibility index (Phi) is 4.60. The van der Waals surface area contributed by atoms with Crippen molar-refractivity contribution in [1.82, 2.24) is 29.5 Å². The van der Waals surface area contributed by atoms with Crippen molar-refractivity contribution in [3.8, 4) is 5.82 Å². The van der Waals surface area contributed by atoms with Crippen LogP contribution in [0.4, 0.5) is 5.82 Å². The second-order valence-corrected chi connectivity index (χ2v) is 6.67. The third kappa shape index (κ3) is 3.29. The molecule has 1 fully saturated rings. The zero-order chi connectivity index (χ0) is 17.9. The van der Waals surface area contributed by atoms with E-state index in [1.54, 1.807) is 12.5 Å². The van der Waals surface area contributed by atoms with Crippen LogP contribution in [0.25, 0.3) is 5.82 Å². The van der Waals surface area contributed by atoms with Crippen LogP contribution in [0.1, 0.15) is 42.9 Å². The second-order valence-electron chi connectivity index (χ2n) is 6.67. The summed E-state index contributed by atoms with van der Waals surface area (Å²) in [5.74, 6) is 3.18. The highest BCUT2D eigenvalue weighted by Gasteiger charge is 2.24. The van der Waals surface area contributed by atoms with E-state index < -0.39 is 0 Å². The van der Waals surface area contributed by atoms with Crippen molar-refractivity contribution in [2.45, 2.75) is 39.0 Å². The predicted molar refractivity (Wildman–Crippen MR) is 99.5 cm³/mol. The lowest BCUT2D eigenvalue weighted by atomic mass is 9.95. The van der Waals surface area contributed by atoms with E-state index in [4.69, 9.17) is 4.98 Å². The monoisotopic (exact) mass is 349 g/mol. The van der Waals surface area contributed by atoms with Gasteiger partial charge in [-0.05, 0) is 19.8 Å². The van der Waals surface area contributed by atoms with E-state index in [1.807, 2.05) is 36.1 Å². The van der Waals surface area contributed by atoms with Crippen LogP contribution in [-0.4, -0.2) is 42.6 Å². The average Bonchev–Trinajstić information content (AvgIpc) is 3.17. The smallest absolute Gasteiger partial charge is 0.156 e. The van der Waals surface area contributed by atoms with Crippen LogP contribution in [0, 0.1) is 6.92 Å². The normalized spacial score (nSPS) is 17.5. The highest BCUT2D eigenvalue weighted by molar-refractivity contribution is 5.40. The predicted octanol–water partition coefficient (Wildman–Crippen LogP) is 2.71. The van der Waals surface area contributed by atoms with Crippen molar-refractivity contribution in [2.75, 3.05) is 18.0 Å². The SMILES string of the molecule is CCc1nccn1-c1cncc([C@@H]2CCCN(c3cc(C)ncn3)C2)n1. The number of piperidine rings is 1. The minimum atomic E-state index is 0.347. The van der Waals surface area contributed by atoms with Crippen LogP contribution >= 0.6 is 0 Å². The fourth-order valence-electron chi connectivity index (χ4n) is 3.53. The summed E-state index contributed by atoms with van der Waals surface area (Å²) in [5, 5.41) is 0. The lowest BCUT2D eigenvalue weighted by Crippen LogP contribution is -2.35. The molecule has 7 heteroatoms. The Morgan fingerprint density at radius 1 is 1.15 bits per heavy atom. The molecule has 0 bridgehead atoms. The standard InChI is InChI=1S/C19H23N7/c1-3-17-21-6-8-26(17)19-11-20-10-16(24-19)15-5-4-7-25(12-15)18-9-14(2)22-13-23-18/h6,8-11,13,15H,3-5,7,12H2,1-2H3/t15-/m1/s1. The Balaban J connectivity index is 1.58. The maximum Gasteiger partial charge on any atom is 0.156 e. The van der Waals surface area contributed by atoms with Crippen molar-refractivity contribution in [3.05, 3.63) is 54.4 Å². The van der Waals surface area contributed by atoms with Gasteiger partial charge in [0.05, 0.1) is 11.9 Å². The molecule has 1 aliphatic heterocycles. The van der Waals surface area contributed by atoms with Crippen molar-refractivity contribution in [3.63, 3.8) is 0 Å². The van der Waals surface area contributed by atoms with E-state index in [2.05, 4.69) is 31.8 Å². The molecule has 4 rings (SSSR count). The van der Waals surface area contributed by atoms with Crippen LogP contribution in [-0.2, 0) is 6.42 Å². The molecule has 3 aromatic heterocycles. The van der Waals surface area contributed by atoms with E-state index >= 15 is 0 Å². The van der Waals surface area contributed by atoms with E-state index in [9.17, 15) is 0 Å². The maximum atomic E-state index is 4.89. The lowest BCUT2D eigenvalue weighted by molar-refractivity contribution is 0.496. The van der Waals surface area contributed by atoms with Gasteiger partial charge in [0.15, 0.2) is 5.82 Å². The number of aryl methyl sites for hydroxylation is 2. The van der Waals surface area contributed by atoms with Gasteiger partial charge in [-0.3, -0.25) is 9.55 Å². The lowest BCUT2D eigenvalue weighted by Gasteiger charge is -2.33. The zero-order valence-corrected chi connectivity index (χ0v) is 15.2. The van der Waals surface area contributed by atoms with Gasteiger partial charge in [-0.1, -0.05) is 6.92 Å². The van der Waals surface area contributed by atoms with Crippen LogP contribution in [0.2, 0.25) is 0 Å². The van der Waals surface area contributed by atoms with Gasteiger partial charge in [0.2, 0.25) is 0 Å². The molecule has 0 aliphatic carbocycles. The summed E-state index contributed by atoms with van der Waals surface area (Å²) in [6, 6.07) is 2.05. The third-order valence-corrected chi connectivity index (χ3v) is 4.87. The topological polar surface area (TPSA) is 72.6 Å². The molecule has 7 nitrogen and oxygen atoms in total. The largest absolute Gasteiger partial charge is 0.356 e. The quantitative estimate of drug-likeness (QED) is 0.721. The molecule has 0 N–H and O–H groups in total. The van der Waals surface area contributed by atoms with Gasteiger partial charge in [0.25, 0.3) is 0 Å². The van der Waals surface area contributed by atoms with Gasteiger partial charge in [-0.15, -0.1) is 0 Å². The van der Waals surface area contributed by atoms with Crippen molar-refractivity contribution >= 4 is 5.82 Å². The van der Waals surface area contributed by atoms with Crippen molar-refractivity contribution in [1.29, 1.82) is 0 Å². The first-order chi connectivity index (χ1) is 12.7.